The lowest BCUT2D eigenvalue weighted by atomic mass is 10.1. The number of rotatable bonds is 16. The Balaban J connectivity index is 4.25. The van der Waals surface area contributed by atoms with E-state index >= 15 is 0 Å². The monoisotopic (exact) mass is 370 g/mol. The molecule has 0 saturated heterocycles. The summed E-state index contributed by atoms with van der Waals surface area (Å²) in [6.45, 7) is 11.1. The normalized spacial score (nSPS) is 13.3. The van der Waals surface area contributed by atoms with Crippen LogP contribution in [0.3, 0.4) is 0 Å². The smallest absolute Gasteiger partial charge is 0.334 e. The van der Waals surface area contributed by atoms with Crippen LogP contribution in [0.2, 0.25) is 19.1 Å². The minimum absolute atomic E-state index is 0.187. The van der Waals surface area contributed by atoms with E-state index in [1.54, 1.807) is 0 Å². The highest BCUT2D eigenvalue weighted by atomic mass is 28.4. The van der Waals surface area contributed by atoms with Gasteiger partial charge in [-0.15, -0.1) is 0 Å². The van der Waals surface area contributed by atoms with Gasteiger partial charge in [0, 0.05) is 0 Å². The number of hydrogen-bond donors (Lipinski definition) is 0. The first kappa shape index (κ1) is 24.4. The standard InChI is InChI=1S/C21H42O3Si/c1-6-9-11-12-13-14-15-16-17-18-20(21(22)23-8-3)24-25(4,5)19-10-7-2/h15-16,20H,6-14,17-19H2,1-5H3. The van der Waals surface area contributed by atoms with Crippen molar-refractivity contribution in [1.82, 2.24) is 0 Å². The summed E-state index contributed by atoms with van der Waals surface area (Å²) in [4.78, 5) is 12.2. The Bertz CT molecular complexity index is 353. The summed E-state index contributed by atoms with van der Waals surface area (Å²) >= 11 is 0. The maximum Gasteiger partial charge on any atom is 0.334 e. The molecule has 0 bridgehead atoms. The second kappa shape index (κ2) is 15.6. The Kier molecular flexibility index (Phi) is 15.2. The van der Waals surface area contributed by atoms with Crippen molar-refractivity contribution in [3.05, 3.63) is 12.2 Å². The molecule has 0 fully saturated rings. The number of carbonyl (C=O) groups excluding carboxylic acids is 1. The van der Waals surface area contributed by atoms with E-state index in [1.807, 2.05) is 6.92 Å². The van der Waals surface area contributed by atoms with Gasteiger partial charge < -0.3 is 9.16 Å². The van der Waals surface area contributed by atoms with Crippen LogP contribution in [0.25, 0.3) is 0 Å². The first-order valence-corrected chi connectivity index (χ1v) is 13.6. The Morgan fingerprint density at radius 1 is 0.920 bits per heavy atom. The van der Waals surface area contributed by atoms with Crippen molar-refractivity contribution >= 4 is 14.3 Å². The first-order valence-electron chi connectivity index (χ1n) is 10.5. The van der Waals surface area contributed by atoms with E-state index in [1.165, 1.54) is 44.9 Å². The fourth-order valence-electron chi connectivity index (χ4n) is 2.86. The van der Waals surface area contributed by atoms with Gasteiger partial charge >= 0.3 is 5.97 Å². The maximum absolute atomic E-state index is 12.2. The van der Waals surface area contributed by atoms with E-state index < -0.39 is 14.4 Å². The van der Waals surface area contributed by atoms with Crippen molar-refractivity contribution in [2.45, 2.75) is 110 Å². The third kappa shape index (κ3) is 14.3. The van der Waals surface area contributed by atoms with Crippen LogP contribution < -0.4 is 0 Å². The van der Waals surface area contributed by atoms with E-state index in [4.69, 9.17) is 9.16 Å². The zero-order valence-electron chi connectivity index (χ0n) is 17.4. The highest BCUT2D eigenvalue weighted by Crippen LogP contribution is 2.20. The third-order valence-electron chi connectivity index (χ3n) is 4.38. The summed E-state index contributed by atoms with van der Waals surface area (Å²) in [5.41, 5.74) is 0. The van der Waals surface area contributed by atoms with Crippen LogP contribution >= 0.6 is 0 Å². The molecule has 0 spiro atoms. The van der Waals surface area contributed by atoms with Gasteiger partial charge in [0.1, 0.15) is 6.10 Å². The van der Waals surface area contributed by atoms with E-state index in [-0.39, 0.29) is 5.97 Å². The lowest BCUT2D eigenvalue weighted by Crippen LogP contribution is -2.40. The molecule has 0 saturated carbocycles. The zero-order chi connectivity index (χ0) is 19.0. The minimum Gasteiger partial charge on any atom is -0.464 e. The summed E-state index contributed by atoms with van der Waals surface area (Å²) in [6, 6.07) is 1.10. The average Bonchev–Trinajstić information content (AvgIpc) is 2.57. The van der Waals surface area contributed by atoms with Crippen LogP contribution in [0, 0.1) is 0 Å². The molecule has 0 aromatic rings. The van der Waals surface area contributed by atoms with Crippen molar-refractivity contribution in [2.24, 2.45) is 0 Å². The molecule has 1 atom stereocenters. The van der Waals surface area contributed by atoms with E-state index in [9.17, 15) is 4.79 Å². The number of allylic oxidation sites excluding steroid dienone is 2. The van der Waals surface area contributed by atoms with Gasteiger partial charge in [-0.05, 0) is 51.7 Å². The van der Waals surface area contributed by atoms with Crippen LogP contribution in [0.1, 0.15) is 85.0 Å². The largest absolute Gasteiger partial charge is 0.464 e. The van der Waals surface area contributed by atoms with Crippen LogP contribution in [0.4, 0.5) is 0 Å². The second-order valence-electron chi connectivity index (χ2n) is 7.47. The Morgan fingerprint density at radius 2 is 1.56 bits per heavy atom. The van der Waals surface area contributed by atoms with Crippen molar-refractivity contribution in [3.63, 3.8) is 0 Å². The van der Waals surface area contributed by atoms with Crippen molar-refractivity contribution in [3.8, 4) is 0 Å². The molecule has 1 unspecified atom stereocenters. The molecule has 0 heterocycles. The minimum atomic E-state index is -1.80. The Labute approximate surface area is 157 Å². The number of unbranched alkanes of at least 4 members (excludes halogenated alkanes) is 6. The molecule has 0 aliphatic heterocycles. The highest BCUT2D eigenvalue weighted by molar-refractivity contribution is 6.71. The zero-order valence-corrected chi connectivity index (χ0v) is 18.4. The molecule has 0 aliphatic carbocycles. The fraction of sp³-hybridized carbons (Fsp3) is 0.857. The van der Waals surface area contributed by atoms with Crippen LogP contribution in [-0.2, 0) is 14.0 Å². The SMILES string of the molecule is CCCCCCCC=CCCC(O[Si](C)(C)CCCC)C(=O)OCC. The van der Waals surface area contributed by atoms with Crippen molar-refractivity contribution in [1.29, 1.82) is 0 Å². The van der Waals surface area contributed by atoms with E-state index in [0.717, 1.165) is 25.3 Å². The second-order valence-corrected chi connectivity index (χ2v) is 11.7. The van der Waals surface area contributed by atoms with Gasteiger partial charge in [-0.2, -0.15) is 0 Å². The van der Waals surface area contributed by atoms with Gasteiger partial charge in [-0.25, -0.2) is 4.79 Å². The lowest BCUT2D eigenvalue weighted by molar-refractivity contribution is -0.152. The van der Waals surface area contributed by atoms with E-state index in [2.05, 4.69) is 39.1 Å². The van der Waals surface area contributed by atoms with Crippen LogP contribution in [0.15, 0.2) is 12.2 Å². The molecule has 0 radical (unpaired) electrons. The molecule has 4 heteroatoms. The quantitative estimate of drug-likeness (QED) is 0.132. The Morgan fingerprint density at radius 3 is 2.20 bits per heavy atom. The molecular formula is C21H42O3Si. The number of esters is 1. The molecule has 0 N–H and O–H groups in total. The topological polar surface area (TPSA) is 35.5 Å². The summed E-state index contributed by atoms with van der Waals surface area (Å²) in [5, 5.41) is 0. The van der Waals surface area contributed by atoms with Gasteiger partial charge in [0.25, 0.3) is 0 Å². The predicted molar refractivity (Wildman–Crippen MR) is 110 cm³/mol. The molecular weight excluding hydrogens is 328 g/mol. The average molecular weight is 371 g/mol. The molecule has 0 rings (SSSR count). The highest BCUT2D eigenvalue weighted by Gasteiger charge is 2.30. The molecule has 148 valence electrons. The molecule has 0 aromatic heterocycles. The fourth-order valence-corrected chi connectivity index (χ4v) is 5.16. The van der Waals surface area contributed by atoms with Crippen LogP contribution in [-0.4, -0.2) is 27.0 Å². The summed E-state index contributed by atoms with van der Waals surface area (Å²) < 4.78 is 11.5. The third-order valence-corrected chi connectivity index (χ3v) is 6.86. The summed E-state index contributed by atoms with van der Waals surface area (Å²) in [6.07, 6.45) is 15.8. The number of carbonyl (C=O) groups is 1. The predicted octanol–water partition coefficient (Wildman–Crippen LogP) is 6.64. The summed E-state index contributed by atoms with van der Waals surface area (Å²) in [7, 11) is -1.80. The lowest BCUT2D eigenvalue weighted by Gasteiger charge is -2.28. The maximum atomic E-state index is 12.2. The van der Waals surface area contributed by atoms with E-state index in [0.29, 0.717) is 6.61 Å². The number of hydrogen-bond acceptors (Lipinski definition) is 3. The summed E-state index contributed by atoms with van der Waals surface area (Å²) in [5.74, 6) is -0.187. The van der Waals surface area contributed by atoms with Gasteiger partial charge in [0.05, 0.1) is 6.61 Å². The molecule has 3 nitrogen and oxygen atoms in total. The first-order chi connectivity index (χ1) is 12.0. The number of ether oxygens (including phenoxy) is 1. The Hall–Kier alpha value is -0.613. The molecule has 25 heavy (non-hydrogen) atoms. The molecule has 0 amide bonds. The van der Waals surface area contributed by atoms with Gasteiger partial charge in [0.15, 0.2) is 8.32 Å². The van der Waals surface area contributed by atoms with Gasteiger partial charge in [-0.3, -0.25) is 0 Å². The molecule has 0 aromatic carbocycles. The van der Waals surface area contributed by atoms with Gasteiger partial charge in [-0.1, -0.05) is 64.5 Å². The van der Waals surface area contributed by atoms with Crippen molar-refractivity contribution < 1.29 is 14.0 Å². The van der Waals surface area contributed by atoms with Crippen LogP contribution in [0.5, 0.6) is 0 Å². The van der Waals surface area contributed by atoms with Crippen molar-refractivity contribution in [2.75, 3.05) is 6.61 Å². The van der Waals surface area contributed by atoms with Gasteiger partial charge in [0.2, 0.25) is 0 Å². The molecule has 0 aliphatic rings.